The first kappa shape index (κ1) is 13.7. The molecule has 0 unspecified atom stereocenters. The molecule has 1 aliphatic heterocycles. The van der Waals surface area contributed by atoms with Gasteiger partial charge in [-0.1, -0.05) is 24.3 Å². The summed E-state index contributed by atoms with van der Waals surface area (Å²) in [6.07, 6.45) is 0. The van der Waals surface area contributed by atoms with Crippen LogP contribution in [0.1, 0.15) is 20.7 Å². The fourth-order valence-corrected chi connectivity index (χ4v) is 3.51. The lowest BCUT2D eigenvalue weighted by molar-refractivity contribution is 0.0445. The minimum atomic E-state index is -0.796. The molecule has 6 heteroatoms. The summed E-state index contributed by atoms with van der Waals surface area (Å²) in [7, 11) is 0. The van der Waals surface area contributed by atoms with Gasteiger partial charge in [0.1, 0.15) is 5.75 Å². The van der Waals surface area contributed by atoms with Crippen LogP contribution < -0.4 is 5.43 Å². The first-order valence-corrected chi connectivity index (χ1v) is 7.56. The number of H-pyrrole nitrogens is 1. The molecular formula is C19H9NO5. The van der Waals surface area contributed by atoms with Gasteiger partial charge in [0.25, 0.3) is 0 Å². The van der Waals surface area contributed by atoms with Gasteiger partial charge in [-0.15, -0.1) is 0 Å². The minimum absolute atomic E-state index is 0.0108. The molecule has 0 atom stereocenters. The summed E-state index contributed by atoms with van der Waals surface area (Å²) in [6, 6.07) is 11.2. The Balaban J connectivity index is 2.23. The summed E-state index contributed by atoms with van der Waals surface area (Å²) in [6.45, 7) is 0. The molecule has 6 nitrogen and oxygen atoms in total. The van der Waals surface area contributed by atoms with E-state index in [1.165, 1.54) is 12.1 Å². The molecule has 0 spiro atoms. The van der Waals surface area contributed by atoms with E-state index in [1.807, 2.05) is 0 Å². The van der Waals surface area contributed by atoms with Gasteiger partial charge in [0.2, 0.25) is 5.43 Å². The topological polar surface area (TPSA) is 96.5 Å². The zero-order valence-electron chi connectivity index (χ0n) is 12.6. The number of phenols is 1. The van der Waals surface area contributed by atoms with Gasteiger partial charge in [-0.25, -0.2) is 9.59 Å². The average Bonchev–Trinajstić information content (AvgIpc) is 3.06. The maximum absolute atomic E-state index is 13.0. The van der Waals surface area contributed by atoms with Gasteiger partial charge in [-0.05, 0) is 18.2 Å². The summed E-state index contributed by atoms with van der Waals surface area (Å²) in [4.78, 5) is 40.7. The van der Waals surface area contributed by atoms with Gasteiger partial charge in [-0.2, -0.15) is 0 Å². The zero-order chi connectivity index (χ0) is 17.3. The minimum Gasteiger partial charge on any atom is -0.508 e. The number of esters is 2. The number of phenolic OH excluding ortho intramolecular Hbond substituents is 1. The maximum Gasteiger partial charge on any atom is 0.347 e. The van der Waals surface area contributed by atoms with Crippen molar-refractivity contribution in [3.05, 3.63) is 63.8 Å². The van der Waals surface area contributed by atoms with Crippen LogP contribution in [-0.4, -0.2) is 22.0 Å². The third kappa shape index (κ3) is 1.65. The van der Waals surface area contributed by atoms with E-state index in [0.717, 1.165) is 0 Å². The molecule has 0 fully saturated rings. The average molecular weight is 331 g/mol. The normalized spacial score (nSPS) is 13.6. The van der Waals surface area contributed by atoms with E-state index in [-0.39, 0.29) is 33.2 Å². The second-order valence-corrected chi connectivity index (χ2v) is 5.91. The summed E-state index contributed by atoms with van der Waals surface area (Å²) < 4.78 is 4.82. The molecule has 0 aliphatic carbocycles. The fourth-order valence-electron chi connectivity index (χ4n) is 3.51. The number of carbonyl (C=O) groups excluding carboxylic acids is 2. The Kier molecular flexibility index (Phi) is 2.44. The Morgan fingerprint density at radius 3 is 2.36 bits per heavy atom. The molecule has 0 radical (unpaired) electrons. The van der Waals surface area contributed by atoms with Gasteiger partial charge in [0, 0.05) is 27.1 Å². The first-order valence-electron chi connectivity index (χ1n) is 7.56. The van der Waals surface area contributed by atoms with Crippen molar-refractivity contribution in [1.29, 1.82) is 0 Å². The third-order valence-electron chi connectivity index (χ3n) is 4.54. The van der Waals surface area contributed by atoms with Gasteiger partial charge in [0.05, 0.1) is 16.6 Å². The number of benzene rings is 2. The van der Waals surface area contributed by atoms with Crippen LogP contribution in [-0.2, 0) is 4.74 Å². The van der Waals surface area contributed by atoms with Crippen LogP contribution in [0.15, 0.2) is 47.3 Å². The van der Waals surface area contributed by atoms with Crippen LogP contribution in [0.4, 0.5) is 0 Å². The number of hydrogen-bond donors (Lipinski definition) is 2. The molecule has 5 rings (SSSR count). The fraction of sp³-hybridized carbons (Fsp3) is 0. The van der Waals surface area contributed by atoms with Gasteiger partial charge in [-0.3, -0.25) is 4.79 Å². The maximum atomic E-state index is 13.0. The number of ether oxygens (including phenoxy) is 1. The third-order valence-corrected chi connectivity index (χ3v) is 4.54. The van der Waals surface area contributed by atoms with Crippen molar-refractivity contribution in [2.24, 2.45) is 0 Å². The van der Waals surface area contributed by atoms with Crippen molar-refractivity contribution in [2.75, 3.05) is 0 Å². The van der Waals surface area contributed by atoms with Crippen molar-refractivity contribution in [2.45, 2.75) is 0 Å². The summed E-state index contributed by atoms with van der Waals surface area (Å²) in [5.41, 5.74) is 0.586. The number of carbonyl (C=O) groups is 2. The Morgan fingerprint density at radius 2 is 1.56 bits per heavy atom. The van der Waals surface area contributed by atoms with E-state index in [1.54, 1.807) is 30.3 Å². The van der Waals surface area contributed by atoms with E-state index in [4.69, 9.17) is 4.74 Å². The number of fused-ring (bicyclic) bond motifs is 7. The Hall–Kier alpha value is -3.67. The number of aromatic hydroxyl groups is 1. The van der Waals surface area contributed by atoms with Crippen molar-refractivity contribution < 1.29 is 19.4 Å². The monoisotopic (exact) mass is 331 g/mol. The van der Waals surface area contributed by atoms with Crippen molar-refractivity contribution >= 4 is 44.5 Å². The second-order valence-electron chi connectivity index (χ2n) is 5.91. The molecule has 4 aromatic rings. The molecule has 1 aliphatic rings. The van der Waals surface area contributed by atoms with Crippen molar-refractivity contribution in [3.8, 4) is 5.75 Å². The molecule has 1 aromatic heterocycles. The van der Waals surface area contributed by atoms with E-state index < -0.39 is 11.9 Å². The van der Waals surface area contributed by atoms with Crippen LogP contribution in [0.5, 0.6) is 5.75 Å². The molecule has 3 aromatic carbocycles. The first-order chi connectivity index (χ1) is 12.1. The lowest BCUT2D eigenvalue weighted by Crippen LogP contribution is -2.02. The van der Waals surface area contributed by atoms with E-state index >= 15 is 0 Å². The molecule has 25 heavy (non-hydrogen) atoms. The van der Waals surface area contributed by atoms with Gasteiger partial charge < -0.3 is 14.8 Å². The van der Waals surface area contributed by atoms with Gasteiger partial charge >= 0.3 is 11.9 Å². The quantitative estimate of drug-likeness (QED) is 0.381. The Labute approximate surface area is 139 Å². The summed E-state index contributed by atoms with van der Waals surface area (Å²) in [5.74, 6) is -1.58. The predicted molar refractivity (Wildman–Crippen MR) is 91.0 cm³/mol. The largest absolute Gasteiger partial charge is 0.508 e. The zero-order valence-corrected chi connectivity index (χ0v) is 12.6. The molecule has 0 saturated heterocycles. The van der Waals surface area contributed by atoms with E-state index in [9.17, 15) is 19.5 Å². The molecular weight excluding hydrogens is 322 g/mol. The SMILES string of the molecule is O=C1OC(=O)c2c1c1ccccc1c(=O)c1[nH]c3ccc(O)cc3c21. The standard InChI is InChI=1S/C19H9NO5/c21-8-5-6-12-11(7-8)13-15-14(18(23)25-19(15)24)9-3-1-2-4-10(9)17(22)16(13)20-12/h1-7,20-21H. The summed E-state index contributed by atoms with van der Waals surface area (Å²) in [5, 5.41) is 11.3. The molecule has 2 heterocycles. The number of nitrogens with one attached hydrogen (secondary N) is 1. The Bertz CT molecular complexity index is 1330. The van der Waals surface area contributed by atoms with Crippen LogP contribution in [0.3, 0.4) is 0 Å². The van der Waals surface area contributed by atoms with Crippen LogP contribution in [0.2, 0.25) is 0 Å². The molecule has 2 N–H and O–H groups in total. The lowest BCUT2D eigenvalue weighted by Gasteiger charge is -1.96. The summed E-state index contributed by atoms with van der Waals surface area (Å²) >= 11 is 0. The molecule has 120 valence electrons. The van der Waals surface area contributed by atoms with Gasteiger partial charge in [0.15, 0.2) is 0 Å². The highest BCUT2D eigenvalue weighted by Crippen LogP contribution is 2.36. The Morgan fingerprint density at radius 1 is 0.840 bits per heavy atom. The van der Waals surface area contributed by atoms with Crippen molar-refractivity contribution in [3.63, 3.8) is 0 Å². The number of cyclic esters (lactones) is 2. The van der Waals surface area contributed by atoms with E-state index in [2.05, 4.69) is 4.98 Å². The smallest absolute Gasteiger partial charge is 0.347 e. The number of aromatic nitrogens is 1. The molecule has 0 saturated carbocycles. The predicted octanol–water partition coefficient (Wildman–Crippen LogP) is 2.85. The highest BCUT2D eigenvalue weighted by Gasteiger charge is 2.35. The molecule has 0 bridgehead atoms. The highest BCUT2D eigenvalue weighted by atomic mass is 16.6. The number of rotatable bonds is 0. The van der Waals surface area contributed by atoms with Crippen LogP contribution in [0, 0.1) is 0 Å². The lowest BCUT2D eigenvalue weighted by atomic mass is 10.0. The number of aromatic amines is 1. The van der Waals surface area contributed by atoms with Crippen LogP contribution in [0.25, 0.3) is 32.6 Å². The van der Waals surface area contributed by atoms with E-state index in [0.29, 0.717) is 21.7 Å². The van der Waals surface area contributed by atoms with Crippen molar-refractivity contribution in [1.82, 2.24) is 4.98 Å². The highest BCUT2D eigenvalue weighted by molar-refractivity contribution is 6.29. The second kappa shape index (κ2) is 4.45. The molecule has 0 amide bonds. The number of hydrogen-bond acceptors (Lipinski definition) is 5. The van der Waals surface area contributed by atoms with Crippen LogP contribution >= 0.6 is 0 Å².